The molecule has 1 N–H and O–H groups in total. The van der Waals surface area contributed by atoms with Crippen LogP contribution in [0.15, 0.2) is 24.3 Å². The van der Waals surface area contributed by atoms with Gasteiger partial charge in [0.1, 0.15) is 0 Å². The lowest BCUT2D eigenvalue weighted by Crippen LogP contribution is -2.47. The highest BCUT2D eigenvalue weighted by Gasteiger charge is 2.21. The summed E-state index contributed by atoms with van der Waals surface area (Å²) in [6.07, 6.45) is 5.02. The Kier molecular flexibility index (Phi) is 6.06. The monoisotopic (exact) mass is 274 g/mol. The van der Waals surface area contributed by atoms with E-state index in [1.165, 1.54) is 49.9 Å². The molecule has 2 unspecified atom stereocenters. The minimum absolute atomic E-state index is 0.607. The van der Waals surface area contributed by atoms with Crippen molar-refractivity contribution in [3.63, 3.8) is 0 Å². The van der Waals surface area contributed by atoms with Crippen LogP contribution in [0.3, 0.4) is 0 Å². The second-order valence-electron chi connectivity index (χ2n) is 6.16. The summed E-state index contributed by atoms with van der Waals surface area (Å²) < 4.78 is 0. The Labute approximate surface area is 124 Å². The molecule has 112 valence electrons. The summed E-state index contributed by atoms with van der Waals surface area (Å²) in [5.74, 6) is 0. The largest absolute Gasteiger partial charge is 0.308 e. The van der Waals surface area contributed by atoms with Crippen LogP contribution in [0.2, 0.25) is 0 Å². The lowest BCUT2D eigenvalue weighted by atomic mass is 9.95. The van der Waals surface area contributed by atoms with Gasteiger partial charge in [0.2, 0.25) is 0 Å². The van der Waals surface area contributed by atoms with Crippen LogP contribution in [-0.2, 0) is 13.0 Å². The third kappa shape index (κ3) is 4.07. The molecular weight excluding hydrogens is 244 g/mol. The SMILES string of the molecule is CCCCN(CC1Cc2ccccc2CN1)C(C)CC. The zero-order valence-electron chi connectivity index (χ0n) is 13.4. The van der Waals surface area contributed by atoms with Gasteiger partial charge in [-0.2, -0.15) is 0 Å². The fraction of sp³-hybridized carbons (Fsp3) is 0.667. The van der Waals surface area contributed by atoms with Gasteiger partial charge < -0.3 is 5.32 Å². The molecular formula is C18H30N2. The molecule has 2 heteroatoms. The minimum atomic E-state index is 0.607. The molecule has 20 heavy (non-hydrogen) atoms. The fourth-order valence-electron chi connectivity index (χ4n) is 3.04. The second kappa shape index (κ2) is 7.80. The van der Waals surface area contributed by atoms with Gasteiger partial charge in [-0.05, 0) is 43.9 Å². The van der Waals surface area contributed by atoms with Crippen LogP contribution in [0.1, 0.15) is 51.2 Å². The van der Waals surface area contributed by atoms with Crippen molar-refractivity contribution in [2.24, 2.45) is 0 Å². The summed E-state index contributed by atoms with van der Waals surface area (Å²) in [5.41, 5.74) is 3.02. The van der Waals surface area contributed by atoms with E-state index in [0.29, 0.717) is 12.1 Å². The Morgan fingerprint density at radius 1 is 1.25 bits per heavy atom. The molecule has 0 amide bonds. The van der Waals surface area contributed by atoms with Gasteiger partial charge >= 0.3 is 0 Å². The number of fused-ring (bicyclic) bond motifs is 1. The molecule has 2 nitrogen and oxygen atoms in total. The number of nitrogens with one attached hydrogen (secondary N) is 1. The number of hydrogen-bond donors (Lipinski definition) is 1. The van der Waals surface area contributed by atoms with E-state index in [1.54, 1.807) is 0 Å². The maximum Gasteiger partial charge on any atom is 0.0238 e. The first-order valence-corrected chi connectivity index (χ1v) is 8.28. The third-order valence-electron chi connectivity index (χ3n) is 4.63. The van der Waals surface area contributed by atoms with Crippen LogP contribution >= 0.6 is 0 Å². The molecule has 2 atom stereocenters. The predicted octanol–water partition coefficient (Wildman–Crippen LogP) is 3.60. The Balaban J connectivity index is 1.94. The second-order valence-corrected chi connectivity index (χ2v) is 6.16. The topological polar surface area (TPSA) is 15.3 Å². The van der Waals surface area contributed by atoms with Gasteiger partial charge in [0, 0.05) is 25.2 Å². The lowest BCUT2D eigenvalue weighted by molar-refractivity contribution is 0.176. The first-order valence-electron chi connectivity index (χ1n) is 8.28. The summed E-state index contributed by atoms with van der Waals surface area (Å²) in [6.45, 7) is 10.4. The average molecular weight is 274 g/mol. The van der Waals surface area contributed by atoms with E-state index in [9.17, 15) is 0 Å². The van der Waals surface area contributed by atoms with E-state index in [1.807, 2.05) is 0 Å². The summed E-state index contributed by atoms with van der Waals surface area (Å²) >= 11 is 0. The van der Waals surface area contributed by atoms with Gasteiger partial charge in [0.25, 0.3) is 0 Å². The van der Waals surface area contributed by atoms with Crippen molar-refractivity contribution in [2.75, 3.05) is 13.1 Å². The zero-order valence-corrected chi connectivity index (χ0v) is 13.4. The molecule has 0 aliphatic carbocycles. The van der Waals surface area contributed by atoms with Gasteiger partial charge in [-0.25, -0.2) is 0 Å². The van der Waals surface area contributed by atoms with Gasteiger partial charge in [0.05, 0.1) is 0 Å². The van der Waals surface area contributed by atoms with Gasteiger partial charge in [-0.3, -0.25) is 4.90 Å². The van der Waals surface area contributed by atoms with Gasteiger partial charge in [0.15, 0.2) is 0 Å². The average Bonchev–Trinajstić information content (AvgIpc) is 2.50. The smallest absolute Gasteiger partial charge is 0.0238 e. The number of benzene rings is 1. The molecule has 0 aromatic heterocycles. The molecule has 0 saturated carbocycles. The molecule has 0 saturated heterocycles. The molecule has 1 aliphatic heterocycles. The van der Waals surface area contributed by atoms with Crippen molar-refractivity contribution >= 4 is 0 Å². The first-order chi connectivity index (χ1) is 9.74. The number of hydrogen-bond acceptors (Lipinski definition) is 2. The highest BCUT2D eigenvalue weighted by molar-refractivity contribution is 5.29. The van der Waals surface area contributed by atoms with E-state index in [2.05, 4.69) is 55.3 Å². The van der Waals surface area contributed by atoms with E-state index in [4.69, 9.17) is 0 Å². The number of nitrogens with zero attached hydrogens (tertiary/aromatic N) is 1. The lowest BCUT2D eigenvalue weighted by Gasteiger charge is -2.35. The molecule has 1 heterocycles. The first kappa shape index (κ1) is 15.5. The van der Waals surface area contributed by atoms with Crippen molar-refractivity contribution in [1.29, 1.82) is 0 Å². The molecule has 1 aromatic rings. The van der Waals surface area contributed by atoms with Crippen molar-refractivity contribution in [2.45, 2.75) is 65.1 Å². The Bertz CT molecular complexity index is 402. The van der Waals surface area contributed by atoms with Crippen LogP contribution in [0, 0.1) is 0 Å². The Morgan fingerprint density at radius 2 is 2.00 bits per heavy atom. The number of rotatable bonds is 7. The Morgan fingerprint density at radius 3 is 2.70 bits per heavy atom. The molecule has 0 radical (unpaired) electrons. The van der Waals surface area contributed by atoms with Crippen molar-refractivity contribution in [3.8, 4) is 0 Å². The zero-order chi connectivity index (χ0) is 14.4. The van der Waals surface area contributed by atoms with Crippen LogP contribution in [0.4, 0.5) is 0 Å². The highest BCUT2D eigenvalue weighted by atomic mass is 15.2. The summed E-state index contributed by atoms with van der Waals surface area (Å²) in [4.78, 5) is 2.68. The summed E-state index contributed by atoms with van der Waals surface area (Å²) in [6, 6.07) is 10.2. The molecule has 2 rings (SSSR count). The quantitative estimate of drug-likeness (QED) is 0.817. The Hall–Kier alpha value is -0.860. The van der Waals surface area contributed by atoms with E-state index in [-0.39, 0.29) is 0 Å². The summed E-state index contributed by atoms with van der Waals surface area (Å²) in [5, 5.41) is 3.72. The van der Waals surface area contributed by atoms with Crippen LogP contribution < -0.4 is 5.32 Å². The molecule has 1 aromatic carbocycles. The van der Waals surface area contributed by atoms with Crippen molar-refractivity contribution < 1.29 is 0 Å². The number of unbranched alkanes of at least 4 members (excludes halogenated alkanes) is 1. The standard InChI is InChI=1S/C18H30N2/c1-4-6-11-20(15(3)5-2)14-18-12-16-9-7-8-10-17(16)13-19-18/h7-10,15,18-19H,4-6,11-14H2,1-3H3. The summed E-state index contributed by atoms with van der Waals surface area (Å²) in [7, 11) is 0. The molecule has 0 bridgehead atoms. The van der Waals surface area contributed by atoms with Crippen LogP contribution in [-0.4, -0.2) is 30.1 Å². The van der Waals surface area contributed by atoms with Crippen molar-refractivity contribution in [3.05, 3.63) is 35.4 Å². The minimum Gasteiger partial charge on any atom is -0.308 e. The van der Waals surface area contributed by atoms with Crippen LogP contribution in [0.25, 0.3) is 0 Å². The van der Waals surface area contributed by atoms with Crippen LogP contribution in [0.5, 0.6) is 0 Å². The maximum atomic E-state index is 3.72. The highest BCUT2D eigenvalue weighted by Crippen LogP contribution is 2.18. The maximum absolute atomic E-state index is 3.72. The van der Waals surface area contributed by atoms with E-state index < -0.39 is 0 Å². The van der Waals surface area contributed by atoms with Crippen molar-refractivity contribution in [1.82, 2.24) is 10.2 Å². The fourth-order valence-corrected chi connectivity index (χ4v) is 3.04. The van der Waals surface area contributed by atoms with Gasteiger partial charge in [-0.15, -0.1) is 0 Å². The van der Waals surface area contributed by atoms with E-state index in [0.717, 1.165) is 6.54 Å². The molecule has 0 spiro atoms. The van der Waals surface area contributed by atoms with E-state index >= 15 is 0 Å². The molecule has 1 aliphatic rings. The predicted molar refractivity (Wildman–Crippen MR) is 87.0 cm³/mol. The third-order valence-corrected chi connectivity index (χ3v) is 4.63. The van der Waals surface area contributed by atoms with Gasteiger partial charge in [-0.1, -0.05) is 44.5 Å². The normalized spacial score (nSPS) is 19.9. The molecule has 0 fully saturated rings.